The number of ether oxygens (including phenoxy) is 1. The molecule has 150 valence electrons. The van der Waals surface area contributed by atoms with Gasteiger partial charge in [-0.3, -0.25) is 14.4 Å². The van der Waals surface area contributed by atoms with E-state index in [1.165, 1.54) is 0 Å². The molecule has 3 N–H and O–H groups in total. The SMILES string of the molecule is CC(C)[C@H](N)C(=O)NCC(=O)N1CCCCC1C(=O)N1CCOCC1.Cl. The first-order chi connectivity index (χ1) is 11.9. The first-order valence-corrected chi connectivity index (χ1v) is 9.11. The second kappa shape index (κ2) is 10.7. The molecule has 2 atom stereocenters. The standard InChI is InChI=1S/C17H30N4O4.ClH/c1-12(2)15(18)16(23)19-11-14(22)21-6-4-3-5-13(21)17(24)20-7-9-25-10-8-20;/h12-13,15H,3-11,18H2,1-2H3,(H,19,23);1H/t13?,15-;/m0./s1. The van der Waals surface area contributed by atoms with Gasteiger partial charge in [-0.15, -0.1) is 12.4 Å². The van der Waals surface area contributed by atoms with Crippen LogP contribution >= 0.6 is 12.4 Å². The number of carbonyl (C=O) groups is 3. The fraction of sp³-hybridized carbons (Fsp3) is 0.824. The number of piperidine rings is 1. The predicted molar refractivity (Wildman–Crippen MR) is 99.8 cm³/mol. The highest BCUT2D eigenvalue weighted by atomic mass is 35.5. The van der Waals surface area contributed by atoms with Gasteiger partial charge in [-0.2, -0.15) is 0 Å². The number of amides is 3. The number of rotatable bonds is 5. The van der Waals surface area contributed by atoms with E-state index in [4.69, 9.17) is 10.5 Å². The Labute approximate surface area is 161 Å². The van der Waals surface area contributed by atoms with Crippen molar-refractivity contribution in [1.82, 2.24) is 15.1 Å². The molecule has 2 rings (SSSR count). The molecule has 3 amide bonds. The van der Waals surface area contributed by atoms with Crippen LogP contribution in [0.25, 0.3) is 0 Å². The third kappa shape index (κ3) is 5.82. The number of halogens is 1. The van der Waals surface area contributed by atoms with Crippen LogP contribution in [0.3, 0.4) is 0 Å². The van der Waals surface area contributed by atoms with Crippen LogP contribution in [-0.4, -0.2) is 79.0 Å². The highest BCUT2D eigenvalue weighted by Gasteiger charge is 2.35. The quantitative estimate of drug-likeness (QED) is 0.673. The lowest BCUT2D eigenvalue weighted by Crippen LogP contribution is -2.57. The number of hydrogen-bond donors (Lipinski definition) is 2. The monoisotopic (exact) mass is 390 g/mol. The molecule has 0 aromatic rings. The average Bonchev–Trinajstić information content (AvgIpc) is 2.65. The van der Waals surface area contributed by atoms with E-state index in [-0.39, 0.29) is 42.6 Å². The van der Waals surface area contributed by atoms with Gasteiger partial charge in [0.1, 0.15) is 6.04 Å². The van der Waals surface area contributed by atoms with Gasteiger partial charge in [-0.1, -0.05) is 13.8 Å². The van der Waals surface area contributed by atoms with E-state index in [9.17, 15) is 14.4 Å². The molecule has 2 heterocycles. The van der Waals surface area contributed by atoms with Gasteiger partial charge in [0.25, 0.3) is 0 Å². The summed E-state index contributed by atoms with van der Waals surface area (Å²) in [6, 6.07) is -1.07. The van der Waals surface area contributed by atoms with Crippen molar-refractivity contribution >= 4 is 30.1 Å². The largest absolute Gasteiger partial charge is 0.378 e. The number of morpholine rings is 1. The molecule has 0 aromatic heterocycles. The summed E-state index contributed by atoms with van der Waals surface area (Å²) < 4.78 is 5.28. The number of carbonyl (C=O) groups excluding carboxylic acids is 3. The molecular formula is C17H31ClN4O4. The zero-order valence-corrected chi connectivity index (χ0v) is 16.4. The fourth-order valence-corrected chi connectivity index (χ4v) is 3.17. The van der Waals surface area contributed by atoms with Crippen LogP contribution in [0.5, 0.6) is 0 Å². The predicted octanol–water partition coefficient (Wildman–Crippen LogP) is -0.252. The van der Waals surface area contributed by atoms with E-state index in [1.807, 2.05) is 13.8 Å². The molecule has 8 nitrogen and oxygen atoms in total. The Hall–Kier alpha value is -1.38. The van der Waals surface area contributed by atoms with E-state index < -0.39 is 12.1 Å². The molecule has 2 aliphatic heterocycles. The van der Waals surface area contributed by atoms with Crippen LogP contribution in [0.4, 0.5) is 0 Å². The summed E-state index contributed by atoms with van der Waals surface area (Å²) in [5.74, 6) is -0.575. The lowest BCUT2D eigenvalue weighted by Gasteiger charge is -2.38. The minimum atomic E-state index is -0.639. The Balaban J connectivity index is 0.00000338. The molecule has 0 spiro atoms. The molecule has 0 bridgehead atoms. The normalized spacial score (nSPS) is 21.8. The van der Waals surface area contributed by atoms with Crippen LogP contribution in [0.2, 0.25) is 0 Å². The lowest BCUT2D eigenvalue weighted by atomic mass is 10.0. The van der Waals surface area contributed by atoms with Crippen molar-refractivity contribution in [3.05, 3.63) is 0 Å². The number of likely N-dealkylation sites (tertiary alicyclic amines) is 1. The Morgan fingerprint density at radius 2 is 1.81 bits per heavy atom. The van der Waals surface area contributed by atoms with Gasteiger partial charge in [0.05, 0.1) is 25.8 Å². The van der Waals surface area contributed by atoms with E-state index in [2.05, 4.69) is 5.32 Å². The average molecular weight is 391 g/mol. The van der Waals surface area contributed by atoms with Gasteiger partial charge in [0, 0.05) is 19.6 Å². The van der Waals surface area contributed by atoms with Crippen molar-refractivity contribution in [3.63, 3.8) is 0 Å². The van der Waals surface area contributed by atoms with Gasteiger partial charge in [0.15, 0.2) is 0 Å². The van der Waals surface area contributed by atoms with Gasteiger partial charge in [0.2, 0.25) is 17.7 Å². The zero-order valence-electron chi connectivity index (χ0n) is 15.6. The summed E-state index contributed by atoms with van der Waals surface area (Å²) in [7, 11) is 0. The summed E-state index contributed by atoms with van der Waals surface area (Å²) in [6.45, 7) is 6.35. The van der Waals surface area contributed by atoms with E-state index in [0.717, 1.165) is 12.8 Å². The highest BCUT2D eigenvalue weighted by molar-refractivity contribution is 5.91. The van der Waals surface area contributed by atoms with Crippen LogP contribution in [0, 0.1) is 5.92 Å². The minimum Gasteiger partial charge on any atom is -0.378 e. The zero-order chi connectivity index (χ0) is 18.4. The molecule has 2 aliphatic rings. The Bertz CT molecular complexity index is 497. The number of nitrogens with two attached hydrogens (primary N) is 1. The molecule has 0 aromatic carbocycles. The van der Waals surface area contributed by atoms with E-state index >= 15 is 0 Å². The molecule has 0 radical (unpaired) electrons. The lowest BCUT2D eigenvalue weighted by molar-refractivity contribution is -0.150. The van der Waals surface area contributed by atoms with Crippen molar-refractivity contribution in [2.24, 2.45) is 11.7 Å². The first kappa shape index (κ1) is 22.7. The van der Waals surface area contributed by atoms with Gasteiger partial charge in [-0.05, 0) is 25.2 Å². The second-order valence-electron chi connectivity index (χ2n) is 7.02. The van der Waals surface area contributed by atoms with Gasteiger partial charge >= 0.3 is 0 Å². The summed E-state index contributed by atoms with van der Waals surface area (Å²) in [5.41, 5.74) is 5.79. The summed E-state index contributed by atoms with van der Waals surface area (Å²) in [5, 5.41) is 2.60. The van der Waals surface area contributed by atoms with Gasteiger partial charge in [-0.25, -0.2) is 0 Å². The third-order valence-electron chi connectivity index (χ3n) is 4.87. The molecule has 9 heteroatoms. The molecule has 2 fully saturated rings. The second-order valence-corrected chi connectivity index (χ2v) is 7.02. The van der Waals surface area contributed by atoms with Crippen LogP contribution < -0.4 is 11.1 Å². The van der Waals surface area contributed by atoms with Crippen LogP contribution in [0.1, 0.15) is 33.1 Å². The Morgan fingerprint density at radius 3 is 2.42 bits per heavy atom. The van der Waals surface area contributed by atoms with Crippen molar-refractivity contribution < 1.29 is 19.1 Å². The summed E-state index contributed by atoms with van der Waals surface area (Å²) in [4.78, 5) is 40.7. The van der Waals surface area contributed by atoms with Crippen LogP contribution in [-0.2, 0) is 19.1 Å². The van der Waals surface area contributed by atoms with Crippen molar-refractivity contribution in [2.75, 3.05) is 39.4 Å². The van der Waals surface area contributed by atoms with Crippen molar-refractivity contribution in [1.29, 1.82) is 0 Å². The topological polar surface area (TPSA) is 105 Å². The van der Waals surface area contributed by atoms with Crippen molar-refractivity contribution in [2.45, 2.75) is 45.2 Å². The van der Waals surface area contributed by atoms with E-state index in [0.29, 0.717) is 39.3 Å². The van der Waals surface area contributed by atoms with Gasteiger partial charge < -0.3 is 25.6 Å². The number of nitrogens with zero attached hydrogens (tertiary/aromatic N) is 2. The Morgan fingerprint density at radius 1 is 1.15 bits per heavy atom. The maximum Gasteiger partial charge on any atom is 0.245 e. The third-order valence-corrected chi connectivity index (χ3v) is 4.87. The molecule has 0 saturated carbocycles. The van der Waals surface area contributed by atoms with Crippen molar-refractivity contribution in [3.8, 4) is 0 Å². The fourth-order valence-electron chi connectivity index (χ4n) is 3.17. The maximum atomic E-state index is 12.8. The maximum absolute atomic E-state index is 12.8. The first-order valence-electron chi connectivity index (χ1n) is 9.11. The highest BCUT2D eigenvalue weighted by Crippen LogP contribution is 2.19. The molecule has 2 saturated heterocycles. The number of nitrogens with one attached hydrogen (secondary N) is 1. The molecule has 1 unspecified atom stereocenters. The smallest absolute Gasteiger partial charge is 0.245 e. The minimum absolute atomic E-state index is 0. The molecular weight excluding hydrogens is 360 g/mol. The Kier molecular flexibility index (Phi) is 9.32. The van der Waals surface area contributed by atoms with E-state index in [1.54, 1.807) is 9.80 Å². The number of hydrogen-bond acceptors (Lipinski definition) is 5. The van der Waals surface area contributed by atoms with Crippen LogP contribution in [0.15, 0.2) is 0 Å². The molecule has 0 aliphatic carbocycles. The summed E-state index contributed by atoms with van der Waals surface area (Å²) >= 11 is 0. The summed E-state index contributed by atoms with van der Waals surface area (Å²) in [6.07, 6.45) is 2.47. The molecule has 26 heavy (non-hydrogen) atoms.